The monoisotopic (exact) mass is 253 g/mol. The summed E-state index contributed by atoms with van der Waals surface area (Å²) in [4.78, 5) is 2.81. The van der Waals surface area contributed by atoms with Gasteiger partial charge in [0.1, 0.15) is 0 Å². The first kappa shape index (κ1) is 9.52. The summed E-state index contributed by atoms with van der Waals surface area (Å²) in [5.74, 6) is 0. The van der Waals surface area contributed by atoms with Gasteiger partial charge in [0.2, 0.25) is 0 Å². The number of nitrogens with zero attached hydrogens (tertiary/aromatic N) is 3. The van der Waals surface area contributed by atoms with Gasteiger partial charge >= 0.3 is 0 Å². The maximum Gasteiger partial charge on any atom is 0.0862 e. The van der Waals surface area contributed by atoms with Crippen LogP contribution >= 0.6 is 15.9 Å². The summed E-state index contributed by atoms with van der Waals surface area (Å²) in [5.41, 5.74) is 10.5. The molecule has 0 radical (unpaired) electrons. The van der Waals surface area contributed by atoms with Crippen LogP contribution < -0.4 is 0 Å². The lowest BCUT2D eigenvalue weighted by Gasteiger charge is -2.22. The predicted octanol–water partition coefficient (Wildman–Crippen LogP) is 3.33. The number of azide groups is 1. The highest BCUT2D eigenvalue weighted by Gasteiger charge is 2.19. The van der Waals surface area contributed by atoms with Crippen LogP contribution in [0.4, 0.5) is 0 Å². The van der Waals surface area contributed by atoms with E-state index in [9.17, 15) is 0 Å². The minimum Gasteiger partial charge on any atom is -0.376 e. The second-order valence-corrected chi connectivity index (χ2v) is 3.99. The highest BCUT2D eigenvalue weighted by molar-refractivity contribution is 9.10. The molecule has 4 nitrogen and oxygen atoms in total. The van der Waals surface area contributed by atoms with Gasteiger partial charge in [-0.2, -0.15) is 0 Å². The molecular formula is C9H8BrN3O. The summed E-state index contributed by atoms with van der Waals surface area (Å²) in [6, 6.07) is 5.73. The number of hydrogen-bond acceptors (Lipinski definition) is 2. The SMILES string of the molecule is [N-]=[N+]=NC1COCc2cc(Br)ccc21. The molecule has 72 valence electrons. The predicted molar refractivity (Wildman–Crippen MR) is 55.7 cm³/mol. The van der Waals surface area contributed by atoms with Crippen LogP contribution in [0, 0.1) is 0 Å². The summed E-state index contributed by atoms with van der Waals surface area (Å²) >= 11 is 3.39. The van der Waals surface area contributed by atoms with E-state index < -0.39 is 0 Å². The largest absolute Gasteiger partial charge is 0.376 e. The van der Waals surface area contributed by atoms with Crippen molar-refractivity contribution in [1.29, 1.82) is 0 Å². The van der Waals surface area contributed by atoms with E-state index in [0.717, 1.165) is 15.6 Å². The van der Waals surface area contributed by atoms with Gasteiger partial charge in [-0.15, -0.1) is 0 Å². The molecule has 1 aliphatic rings. The van der Waals surface area contributed by atoms with E-state index in [1.165, 1.54) is 0 Å². The first-order chi connectivity index (χ1) is 6.81. The van der Waals surface area contributed by atoms with E-state index in [0.29, 0.717) is 13.2 Å². The quantitative estimate of drug-likeness (QED) is 0.430. The zero-order valence-electron chi connectivity index (χ0n) is 7.35. The minimum absolute atomic E-state index is 0.183. The summed E-state index contributed by atoms with van der Waals surface area (Å²) in [6.07, 6.45) is 0. The lowest BCUT2D eigenvalue weighted by Crippen LogP contribution is -2.14. The number of hydrogen-bond donors (Lipinski definition) is 0. The van der Waals surface area contributed by atoms with Crippen LogP contribution in [0.2, 0.25) is 0 Å². The molecule has 5 heteroatoms. The molecule has 0 spiro atoms. The summed E-state index contributed by atoms with van der Waals surface area (Å²) in [6.45, 7) is 1.06. The Bertz CT molecular complexity index is 401. The molecule has 14 heavy (non-hydrogen) atoms. The van der Waals surface area contributed by atoms with Crippen LogP contribution in [0.15, 0.2) is 27.8 Å². The molecule has 0 saturated carbocycles. The summed E-state index contributed by atoms with van der Waals surface area (Å²) < 4.78 is 6.35. The molecule has 0 amide bonds. The number of halogens is 1. The van der Waals surface area contributed by atoms with Crippen molar-refractivity contribution in [3.8, 4) is 0 Å². The smallest absolute Gasteiger partial charge is 0.0862 e. The van der Waals surface area contributed by atoms with Crippen LogP contribution in [0.3, 0.4) is 0 Å². The average Bonchev–Trinajstić information content (AvgIpc) is 2.18. The van der Waals surface area contributed by atoms with Gasteiger partial charge in [-0.1, -0.05) is 27.1 Å². The summed E-state index contributed by atoms with van der Waals surface area (Å²) in [5, 5.41) is 3.69. The van der Waals surface area contributed by atoms with Gasteiger partial charge in [-0.3, -0.25) is 0 Å². The number of fused-ring (bicyclic) bond motifs is 1. The molecule has 1 atom stereocenters. The van der Waals surface area contributed by atoms with Crippen LogP contribution in [0.1, 0.15) is 17.2 Å². The molecule has 0 saturated heterocycles. The van der Waals surface area contributed by atoms with Gasteiger partial charge in [-0.05, 0) is 28.8 Å². The molecule has 0 fully saturated rings. The maximum absolute atomic E-state index is 8.39. The van der Waals surface area contributed by atoms with Crippen molar-refractivity contribution in [2.24, 2.45) is 5.11 Å². The third-order valence-electron chi connectivity index (χ3n) is 2.19. The van der Waals surface area contributed by atoms with Gasteiger partial charge in [0, 0.05) is 9.38 Å². The van der Waals surface area contributed by atoms with E-state index in [4.69, 9.17) is 10.3 Å². The van der Waals surface area contributed by atoms with Gasteiger partial charge < -0.3 is 4.74 Å². The van der Waals surface area contributed by atoms with E-state index in [-0.39, 0.29) is 6.04 Å². The average molecular weight is 254 g/mol. The van der Waals surface area contributed by atoms with Crippen LogP contribution in [-0.2, 0) is 11.3 Å². The highest BCUT2D eigenvalue weighted by atomic mass is 79.9. The molecule has 0 aliphatic carbocycles. The molecule has 0 N–H and O–H groups in total. The third-order valence-corrected chi connectivity index (χ3v) is 2.68. The van der Waals surface area contributed by atoms with Crippen molar-refractivity contribution in [2.45, 2.75) is 12.6 Å². The number of benzene rings is 1. The fourth-order valence-electron chi connectivity index (χ4n) is 1.55. The fourth-order valence-corrected chi connectivity index (χ4v) is 1.96. The zero-order valence-corrected chi connectivity index (χ0v) is 8.94. The molecular weight excluding hydrogens is 246 g/mol. The van der Waals surface area contributed by atoms with Crippen molar-refractivity contribution in [2.75, 3.05) is 6.61 Å². The van der Waals surface area contributed by atoms with Crippen LogP contribution in [-0.4, -0.2) is 6.61 Å². The van der Waals surface area contributed by atoms with E-state index in [2.05, 4.69) is 26.0 Å². The first-order valence-corrected chi connectivity index (χ1v) is 5.01. The lowest BCUT2D eigenvalue weighted by molar-refractivity contribution is 0.0924. The van der Waals surface area contributed by atoms with Gasteiger partial charge in [0.25, 0.3) is 0 Å². The Morgan fingerprint density at radius 1 is 1.57 bits per heavy atom. The summed E-state index contributed by atoms with van der Waals surface area (Å²) in [7, 11) is 0. The van der Waals surface area contributed by atoms with E-state index >= 15 is 0 Å². The number of ether oxygens (including phenoxy) is 1. The van der Waals surface area contributed by atoms with Gasteiger partial charge in [-0.25, -0.2) is 0 Å². The Kier molecular flexibility index (Phi) is 2.72. The third kappa shape index (κ3) is 1.75. The Labute approximate surface area is 89.6 Å². The van der Waals surface area contributed by atoms with Crippen LogP contribution in [0.5, 0.6) is 0 Å². The zero-order chi connectivity index (χ0) is 9.97. The van der Waals surface area contributed by atoms with Crippen LogP contribution in [0.25, 0.3) is 10.4 Å². The molecule has 0 bridgehead atoms. The van der Waals surface area contributed by atoms with Crippen molar-refractivity contribution < 1.29 is 4.74 Å². The standard InChI is InChI=1S/C9H8BrN3O/c10-7-1-2-8-6(3-7)4-14-5-9(8)12-13-11/h1-3,9H,4-5H2. The van der Waals surface area contributed by atoms with E-state index in [1.807, 2.05) is 18.2 Å². The fraction of sp³-hybridized carbons (Fsp3) is 0.333. The van der Waals surface area contributed by atoms with Crippen molar-refractivity contribution in [1.82, 2.24) is 0 Å². The maximum atomic E-state index is 8.39. The van der Waals surface area contributed by atoms with Gasteiger partial charge in [0.15, 0.2) is 0 Å². The number of rotatable bonds is 1. The lowest BCUT2D eigenvalue weighted by atomic mass is 10.00. The molecule has 1 aromatic rings. The second-order valence-electron chi connectivity index (χ2n) is 3.08. The van der Waals surface area contributed by atoms with Crippen molar-refractivity contribution in [3.05, 3.63) is 44.2 Å². The Morgan fingerprint density at radius 2 is 2.43 bits per heavy atom. The first-order valence-electron chi connectivity index (χ1n) is 4.21. The molecule has 1 aromatic carbocycles. The van der Waals surface area contributed by atoms with Crippen molar-refractivity contribution in [3.63, 3.8) is 0 Å². The minimum atomic E-state index is -0.183. The normalized spacial score (nSPS) is 19.6. The highest BCUT2D eigenvalue weighted by Crippen LogP contribution is 2.29. The molecule has 1 aliphatic heterocycles. The van der Waals surface area contributed by atoms with Gasteiger partial charge in [0.05, 0.1) is 19.3 Å². The Morgan fingerprint density at radius 3 is 3.21 bits per heavy atom. The second kappa shape index (κ2) is 4.00. The topological polar surface area (TPSA) is 58.0 Å². The molecule has 1 unspecified atom stereocenters. The molecule has 1 heterocycles. The Hall–Kier alpha value is -1.03. The van der Waals surface area contributed by atoms with E-state index in [1.54, 1.807) is 0 Å². The Balaban J connectivity index is 2.44. The van der Waals surface area contributed by atoms with Crippen molar-refractivity contribution >= 4 is 15.9 Å². The molecule has 2 rings (SSSR count). The molecule has 0 aromatic heterocycles.